The van der Waals surface area contributed by atoms with Gasteiger partial charge < -0.3 is 5.32 Å². The van der Waals surface area contributed by atoms with E-state index >= 15 is 0 Å². The summed E-state index contributed by atoms with van der Waals surface area (Å²) in [6, 6.07) is 12.9. The first-order chi connectivity index (χ1) is 13.5. The molecule has 0 spiro atoms. The van der Waals surface area contributed by atoms with Gasteiger partial charge in [-0.1, -0.05) is 47.7 Å². The minimum atomic E-state index is -3.54. The Morgan fingerprint density at radius 1 is 1.14 bits per heavy atom. The highest BCUT2D eigenvalue weighted by molar-refractivity contribution is 7.91. The molecule has 0 bridgehead atoms. The van der Waals surface area contributed by atoms with Gasteiger partial charge in [-0.25, -0.2) is 8.42 Å². The minimum Gasteiger partial charge on any atom is -0.300 e. The Labute approximate surface area is 171 Å². The quantitative estimate of drug-likeness (QED) is 0.665. The van der Waals surface area contributed by atoms with Crippen LogP contribution in [0.1, 0.15) is 12.8 Å². The zero-order chi connectivity index (χ0) is 19.6. The number of thiophene rings is 1. The monoisotopic (exact) mass is 434 g/mol. The summed E-state index contributed by atoms with van der Waals surface area (Å²) in [6.07, 6.45) is 1.29. The van der Waals surface area contributed by atoms with Crippen LogP contribution >= 0.6 is 22.7 Å². The molecule has 1 aromatic carbocycles. The van der Waals surface area contributed by atoms with Gasteiger partial charge in [-0.15, -0.1) is 21.5 Å². The lowest BCUT2D eigenvalue weighted by atomic mass is 9.99. The van der Waals surface area contributed by atoms with Crippen molar-refractivity contribution in [1.29, 1.82) is 0 Å². The van der Waals surface area contributed by atoms with Gasteiger partial charge in [-0.2, -0.15) is 4.31 Å². The first-order valence-corrected chi connectivity index (χ1v) is 11.9. The summed E-state index contributed by atoms with van der Waals surface area (Å²) in [4.78, 5) is 12.7. The Hall–Kier alpha value is -2.14. The number of hydrogen-bond donors (Lipinski definition) is 1. The van der Waals surface area contributed by atoms with E-state index in [2.05, 4.69) is 15.5 Å². The van der Waals surface area contributed by atoms with Gasteiger partial charge in [0, 0.05) is 18.7 Å². The molecule has 3 aromatic rings. The third-order valence-corrected chi connectivity index (χ3v) is 8.65. The average molecular weight is 435 g/mol. The largest absolute Gasteiger partial charge is 0.300 e. The number of amides is 1. The summed E-state index contributed by atoms with van der Waals surface area (Å²) in [5.74, 6) is -0.630. The molecule has 0 unspecified atom stereocenters. The Kier molecular flexibility index (Phi) is 5.54. The van der Waals surface area contributed by atoms with Crippen LogP contribution in [0.4, 0.5) is 5.13 Å². The Bertz CT molecular complexity index is 1050. The van der Waals surface area contributed by atoms with Gasteiger partial charge >= 0.3 is 0 Å². The van der Waals surface area contributed by atoms with E-state index in [1.165, 1.54) is 27.0 Å². The second-order valence-electron chi connectivity index (χ2n) is 6.40. The van der Waals surface area contributed by atoms with Gasteiger partial charge in [-0.3, -0.25) is 4.79 Å². The highest BCUT2D eigenvalue weighted by Crippen LogP contribution is 2.29. The van der Waals surface area contributed by atoms with Crippen molar-refractivity contribution in [3.8, 4) is 10.6 Å². The number of hydrogen-bond acceptors (Lipinski definition) is 7. The van der Waals surface area contributed by atoms with E-state index in [0.717, 1.165) is 10.6 Å². The number of anilines is 1. The molecule has 2 aromatic heterocycles. The standard InChI is InChI=1S/C18H18N4O3S3/c23-16(19-18-21-20-17(27-18)13-6-2-1-3-7-13)14-8-4-10-22(12-14)28(24,25)15-9-5-11-26-15/h1-3,5-7,9,11,14H,4,8,10,12H2,(H,19,21,23)/t14-/m0/s1. The maximum Gasteiger partial charge on any atom is 0.252 e. The molecule has 1 N–H and O–H groups in total. The fraction of sp³-hybridized carbons (Fsp3) is 0.278. The number of aromatic nitrogens is 2. The van der Waals surface area contributed by atoms with Gasteiger partial charge in [0.2, 0.25) is 11.0 Å². The van der Waals surface area contributed by atoms with Crippen molar-refractivity contribution in [2.24, 2.45) is 5.92 Å². The highest BCUT2D eigenvalue weighted by Gasteiger charge is 2.34. The zero-order valence-corrected chi connectivity index (χ0v) is 17.3. The SMILES string of the molecule is O=C(Nc1nnc(-c2ccccc2)s1)[C@H]1CCCN(S(=O)(=O)c2cccs2)C1. The van der Waals surface area contributed by atoms with Crippen molar-refractivity contribution in [3.63, 3.8) is 0 Å². The van der Waals surface area contributed by atoms with Crippen LogP contribution in [0.5, 0.6) is 0 Å². The number of rotatable bonds is 5. The smallest absolute Gasteiger partial charge is 0.252 e. The maximum atomic E-state index is 12.7. The van der Waals surface area contributed by atoms with Crippen LogP contribution in [0.3, 0.4) is 0 Å². The first-order valence-electron chi connectivity index (χ1n) is 8.77. The van der Waals surface area contributed by atoms with Crippen LogP contribution in [0.25, 0.3) is 10.6 Å². The molecule has 10 heteroatoms. The van der Waals surface area contributed by atoms with Gasteiger partial charge in [0.05, 0.1) is 5.92 Å². The molecular weight excluding hydrogens is 416 g/mol. The van der Waals surface area contributed by atoms with Crippen LogP contribution in [-0.2, 0) is 14.8 Å². The molecule has 0 aliphatic carbocycles. The molecule has 28 heavy (non-hydrogen) atoms. The number of benzene rings is 1. The van der Waals surface area contributed by atoms with Crippen LogP contribution < -0.4 is 5.32 Å². The van der Waals surface area contributed by atoms with E-state index in [4.69, 9.17) is 0 Å². The van der Waals surface area contributed by atoms with Gasteiger partial charge in [0.1, 0.15) is 9.22 Å². The lowest BCUT2D eigenvalue weighted by molar-refractivity contribution is -0.120. The van der Waals surface area contributed by atoms with Crippen molar-refractivity contribution in [2.75, 3.05) is 18.4 Å². The first kappa shape index (κ1) is 19.2. The maximum absolute atomic E-state index is 12.7. The Morgan fingerprint density at radius 3 is 2.71 bits per heavy atom. The van der Waals surface area contributed by atoms with E-state index in [9.17, 15) is 13.2 Å². The van der Waals surface area contributed by atoms with Crippen molar-refractivity contribution >= 4 is 43.7 Å². The molecule has 4 rings (SSSR count). The number of nitrogens with one attached hydrogen (secondary N) is 1. The van der Waals surface area contributed by atoms with Crippen molar-refractivity contribution < 1.29 is 13.2 Å². The predicted octanol–water partition coefficient (Wildman–Crippen LogP) is 3.31. The van der Waals surface area contributed by atoms with E-state index in [0.29, 0.717) is 28.7 Å². The third kappa shape index (κ3) is 4.00. The second-order valence-corrected chi connectivity index (χ2v) is 10.5. The number of sulfonamides is 1. The second kappa shape index (κ2) is 8.08. The van der Waals surface area contributed by atoms with Crippen molar-refractivity contribution in [2.45, 2.75) is 17.1 Å². The lowest BCUT2D eigenvalue weighted by Crippen LogP contribution is -2.43. The summed E-state index contributed by atoms with van der Waals surface area (Å²) in [5.41, 5.74) is 0.936. The molecule has 1 amide bonds. The summed E-state index contributed by atoms with van der Waals surface area (Å²) in [6.45, 7) is 0.609. The summed E-state index contributed by atoms with van der Waals surface area (Å²) in [5, 5.41) is 13.8. The van der Waals surface area contributed by atoms with E-state index in [1.807, 2.05) is 30.3 Å². The Balaban J connectivity index is 1.43. The molecule has 146 valence electrons. The Morgan fingerprint density at radius 2 is 1.96 bits per heavy atom. The van der Waals surface area contributed by atoms with E-state index in [-0.39, 0.29) is 12.5 Å². The number of carbonyl (C=O) groups excluding carboxylic acids is 1. The molecule has 0 radical (unpaired) electrons. The predicted molar refractivity (Wildman–Crippen MR) is 110 cm³/mol. The molecular formula is C18H18N4O3S3. The molecule has 1 fully saturated rings. The zero-order valence-electron chi connectivity index (χ0n) is 14.8. The summed E-state index contributed by atoms with van der Waals surface area (Å²) in [7, 11) is -3.54. The molecule has 1 saturated heterocycles. The third-order valence-electron chi connectivity index (χ3n) is 4.52. The topological polar surface area (TPSA) is 92.3 Å². The van der Waals surface area contributed by atoms with Gasteiger partial charge in [0.15, 0.2) is 0 Å². The molecule has 7 nitrogen and oxygen atoms in total. The molecule has 1 atom stereocenters. The van der Waals surface area contributed by atoms with Crippen molar-refractivity contribution in [1.82, 2.24) is 14.5 Å². The molecule has 1 aliphatic heterocycles. The van der Waals surface area contributed by atoms with E-state index in [1.54, 1.807) is 17.5 Å². The summed E-state index contributed by atoms with van der Waals surface area (Å²) >= 11 is 2.49. The number of nitrogens with zero attached hydrogens (tertiary/aromatic N) is 3. The van der Waals surface area contributed by atoms with Crippen LogP contribution in [0.15, 0.2) is 52.1 Å². The number of carbonyl (C=O) groups is 1. The van der Waals surface area contributed by atoms with Crippen LogP contribution in [0.2, 0.25) is 0 Å². The normalized spacial score (nSPS) is 18.1. The number of piperidine rings is 1. The minimum absolute atomic E-state index is 0.177. The molecule has 0 saturated carbocycles. The average Bonchev–Trinajstić information content (AvgIpc) is 3.41. The lowest BCUT2D eigenvalue weighted by Gasteiger charge is -2.30. The van der Waals surface area contributed by atoms with Crippen LogP contribution in [-0.4, -0.2) is 41.9 Å². The van der Waals surface area contributed by atoms with Gasteiger partial charge in [-0.05, 0) is 24.3 Å². The van der Waals surface area contributed by atoms with Crippen molar-refractivity contribution in [3.05, 3.63) is 47.8 Å². The highest BCUT2D eigenvalue weighted by atomic mass is 32.2. The molecule has 3 heterocycles. The van der Waals surface area contributed by atoms with E-state index < -0.39 is 15.9 Å². The fourth-order valence-corrected chi connectivity index (χ4v) is 6.51. The van der Waals surface area contributed by atoms with Gasteiger partial charge in [0.25, 0.3) is 10.0 Å². The molecule has 1 aliphatic rings. The van der Waals surface area contributed by atoms with Crippen LogP contribution in [0, 0.1) is 5.92 Å². The summed E-state index contributed by atoms with van der Waals surface area (Å²) < 4.78 is 27.2. The fourth-order valence-electron chi connectivity index (χ4n) is 3.09.